The Bertz CT molecular complexity index is 5150. The van der Waals surface area contributed by atoms with Crippen LogP contribution in [0.1, 0.15) is 16.7 Å². The first kappa shape index (κ1) is 55.5. The molecule has 0 fully saturated rings. The van der Waals surface area contributed by atoms with Gasteiger partial charge >= 0.3 is 0 Å². The van der Waals surface area contributed by atoms with Gasteiger partial charge in [-0.25, -0.2) is 0 Å². The number of rotatable bonds is 8. The molecule has 0 aromatic heterocycles. The summed E-state index contributed by atoms with van der Waals surface area (Å²) in [5.41, 5.74) is 36.0. The first-order chi connectivity index (χ1) is 45.9. The Balaban J connectivity index is 0.000000142. The smallest absolute Gasteiger partial charge is 0.252 e. The highest BCUT2D eigenvalue weighted by Gasteiger charge is 2.45. The molecule has 14 aromatic carbocycles. The highest BCUT2D eigenvalue weighted by Crippen LogP contribution is 2.47. The molecule has 0 saturated heterocycles. The van der Waals surface area contributed by atoms with Gasteiger partial charge in [0.2, 0.25) is 0 Å². The SMILES string of the molecule is Cc1ccc(-c2cccc(N3c4ccc(-c5ccc(C)cc5)cc4B4c5ccccc5N(c5ccc(C)cc5)c5cccc3c54)c2)cc1.c1ccc(-c2cccc(N3c4ccc(-c5ccccc5)cc4B4c5ccccc5N(c5ccccc5)c5cccc3c54)c2)cc1. The van der Waals surface area contributed by atoms with Crippen molar-refractivity contribution in [3.63, 3.8) is 0 Å². The van der Waals surface area contributed by atoms with Crippen molar-refractivity contribution in [1.29, 1.82) is 0 Å². The zero-order valence-electron chi connectivity index (χ0n) is 52.2. The lowest BCUT2D eigenvalue weighted by Gasteiger charge is -2.44. The zero-order valence-corrected chi connectivity index (χ0v) is 52.2. The van der Waals surface area contributed by atoms with Crippen LogP contribution >= 0.6 is 0 Å². The Morgan fingerprint density at radius 3 is 0.871 bits per heavy atom. The first-order valence-corrected chi connectivity index (χ1v) is 32.4. The fourth-order valence-corrected chi connectivity index (χ4v) is 14.9. The van der Waals surface area contributed by atoms with Crippen LogP contribution in [0, 0.1) is 20.8 Å². The van der Waals surface area contributed by atoms with Gasteiger partial charge in [0.1, 0.15) is 0 Å². The van der Waals surface area contributed by atoms with Crippen molar-refractivity contribution < 1.29 is 0 Å². The lowest BCUT2D eigenvalue weighted by molar-refractivity contribution is 1.25. The van der Waals surface area contributed by atoms with Crippen molar-refractivity contribution in [2.45, 2.75) is 20.8 Å². The Labute approximate surface area is 546 Å². The van der Waals surface area contributed by atoms with E-state index in [-0.39, 0.29) is 13.4 Å². The number of aryl methyl sites for hydroxylation is 3. The number of nitrogens with zero attached hydrogens (tertiary/aromatic N) is 4. The number of hydrogen-bond acceptors (Lipinski definition) is 4. The summed E-state index contributed by atoms with van der Waals surface area (Å²) in [4.78, 5) is 9.86. The number of benzene rings is 14. The standard InChI is InChI=1S/C45H35BN2.C42H29BN2/c1-30-14-20-33(21-15-30)35-8-6-9-38(28-35)48-42-27-24-36(34-22-16-31(2)17-23-34)29-40(42)46-39-10-4-5-11-41(39)47(37-25-18-32(3)19-26-37)43-12-7-13-44(48)45(43)46;1-4-14-30(15-5-1)32-18-12-21-35(28-32)45-39-27-26-33(31-16-6-2-7-17-31)29-37(39)43-36-22-10-11-23-38(36)44(34-19-8-3-9-20-34)40-24-13-25-41(45)42(40)43/h4-29H,1-3H3;1-29H. The van der Waals surface area contributed by atoms with E-state index in [4.69, 9.17) is 0 Å². The largest absolute Gasteiger partial charge is 0.311 e. The summed E-state index contributed by atoms with van der Waals surface area (Å²) < 4.78 is 0. The summed E-state index contributed by atoms with van der Waals surface area (Å²) >= 11 is 0. The van der Waals surface area contributed by atoms with Crippen molar-refractivity contribution in [2.75, 3.05) is 19.6 Å². The lowest BCUT2D eigenvalue weighted by atomic mass is 9.33. The van der Waals surface area contributed by atoms with Crippen LogP contribution in [-0.4, -0.2) is 13.4 Å². The first-order valence-electron chi connectivity index (χ1n) is 32.4. The van der Waals surface area contributed by atoms with E-state index in [1.165, 1.54) is 151 Å². The molecule has 0 N–H and O–H groups in total. The highest BCUT2D eigenvalue weighted by atomic mass is 15.2. The van der Waals surface area contributed by atoms with Crippen LogP contribution < -0.4 is 52.4 Å². The van der Waals surface area contributed by atoms with Gasteiger partial charge in [-0.1, -0.05) is 253 Å². The summed E-state index contributed by atoms with van der Waals surface area (Å²) in [6, 6.07) is 122. The Hall–Kier alpha value is -11.6. The van der Waals surface area contributed by atoms with Gasteiger partial charge in [-0.05, 0) is 195 Å². The van der Waals surface area contributed by atoms with E-state index in [0.29, 0.717) is 0 Å². The lowest BCUT2D eigenvalue weighted by Crippen LogP contribution is -2.61. The molecule has 14 aromatic rings. The van der Waals surface area contributed by atoms with E-state index in [0.717, 1.165) is 11.4 Å². The Kier molecular flexibility index (Phi) is 13.7. The molecule has 93 heavy (non-hydrogen) atoms. The second-order valence-electron chi connectivity index (χ2n) is 25.0. The molecule has 0 unspecified atom stereocenters. The molecule has 4 heterocycles. The topological polar surface area (TPSA) is 13.0 Å². The van der Waals surface area contributed by atoms with Crippen LogP contribution in [0.5, 0.6) is 0 Å². The summed E-state index contributed by atoms with van der Waals surface area (Å²) in [6.45, 7) is 6.63. The van der Waals surface area contributed by atoms with Gasteiger partial charge in [-0.15, -0.1) is 0 Å². The molecule has 0 atom stereocenters. The van der Waals surface area contributed by atoms with Gasteiger partial charge < -0.3 is 19.6 Å². The van der Waals surface area contributed by atoms with E-state index in [1.54, 1.807) is 0 Å². The van der Waals surface area contributed by atoms with Gasteiger partial charge in [0.05, 0.1) is 0 Å². The quantitative estimate of drug-likeness (QED) is 0.141. The molecule has 4 aliphatic rings. The van der Waals surface area contributed by atoms with E-state index in [1.807, 2.05) is 0 Å². The Morgan fingerprint density at radius 1 is 0.183 bits per heavy atom. The third-order valence-corrected chi connectivity index (χ3v) is 19.3. The summed E-state index contributed by atoms with van der Waals surface area (Å²) in [5.74, 6) is 0. The molecule has 0 bridgehead atoms. The van der Waals surface area contributed by atoms with Crippen molar-refractivity contribution in [2.24, 2.45) is 0 Å². The van der Waals surface area contributed by atoms with Crippen LogP contribution in [0.15, 0.2) is 334 Å². The maximum absolute atomic E-state index is 2.49. The van der Waals surface area contributed by atoms with Crippen LogP contribution in [0.4, 0.5) is 68.2 Å². The van der Waals surface area contributed by atoms with Crippen molar-refractivity contribution >= 4 is 114 Å². The fourth-order valence-electron chi connectivity index (χ4n) is 14.9. The second-order valence-corrected chi connectivity index (χ2v) is 25.0. The molecule has 18 rings (SSSR count). The molecule has 0 radical (unpaired) electrons. The van der Waals surface area contributed by atoms with Gasteiger partial charge in [0.25, 0.3) is 13.4 Å². The van der Waals surface area contributed by atoms with Crippen molar-refractivity contribution in [3.8, 4) is 44.5 Å². The Morgan fingerprint density at radius 2 is 0.452 bits per heavy atom. The molecule has 0 spiro atoms. The van der Waals surface area contributed by atoms with Gasteiger partial charge in [-0.2, -0.15) is 0 Å². The molecule has 4 nitrogen and oxygen atoms in total. The monoisotopic (exact) mass is 1190 g/mol. The van der Waals surface area contributed by atoms with Crippen LogP contribution in [-0.2, 0) is 0 Å². The highest BCUT2D eigenvalue weighted by molar-refractivity contribution is 7.01. The minimum Gasteiger partial charge on any atom is -0.311 e. The van der Waals surface area contributed by atoms with Gasteiger partial charge in [-0.3, -0.25) is 0 Å². The van der Waals surface area contributed by atoms with Crippen LogP contribution in [0.2, 0.25) is 0 Å². The predicted octanol–water partition coefficient (Wildman–Crippen LogP) is 19.1. The molecule has 0 saturated carbocycles. The van der Waals surface area contributed by atoms with Crippen molar-refractivity contribution in [1.82, 2.24) is 0 Å². The molecular formula is C87H64B2N4. The molecule has 6 heteroatoms. The summed E-state index contributed by atoms with van der Waals surface area (Å²) in [7, 11) is 0. The number of para-hydroxylation sites is 3. The van der Waals surface area contributed by atoms with Gasteiger partial charge in [0, 0.05) is 68.2 Å². The number of anilines is 12. The third kappa shape index (κ3) is 9.64. The minimum atomic E-state index is 0.0889. The molecule has 438 valence electrons. The average Bonchev–Trinajstić information content (AvgIpc) is 0.710. The third-order valence-electron chi connectivity index (χ3n) is 19.3. The normalized spacial score (nSPS) is 12.8. The average molecular weight is 1190 g/mol. The zero-order chi connectivity index (χ0) is 62.1. The molecular weight excluding hydrogens is 1120 g/mol. The van der Waals surface area contributed by atoms with Crippen LogP contribution in [0.3, 0.4) is 0 Å². The fraction of sp³-hybridized carbons (Fsp3) is 0.0345. The summed E-state index contributed by atoms with van der Waals surface area (Å²) in [6.07, 6.45) is 0. The number of hydrogen-bond donors (Lipinski definition) is 0. The van der Waals surface area contributed by atoms with E-state index >= 15 is 0 Å². The molecule has 4 aliphatic heterocycles. The van der Waals surface area contributed by atoms with Crippen LogP contribution in [0.25, 0.3) is 44.5 Å². The summed E-state index contributed by atoms with van der Waals surface area (Å²) in [5, 5.41) is 0. The predicted molar refractivity (Wildman–Crippen MR) is 397 cm³/mol. The van der Waals surface area contributed by atoms with Crippen molar-refractivity contribution in [3.05, 3.63) is 350 Å². The molecule has 0 aliphatic carbocycles. The molecule has 0 amide bonds. The number of fused-ring (bicyclic) bond motifs is 8. The maximum atomic E-state index is 2.49. The second kappa shape index (κ2) is 23.0. The van der Waals surface area contributed by atoms with Gasteiger partial charge in [0.15, 0.2) is 0 Å². The van der Waals surface area contributed by atoms with E-state index < -0.39 is 0 Å². The minimum absolute atomic E-state index is 0.0889. The van der Waals surface area contributed by atoms with E-state index in [2.05, 4.69) is 374 Å². The maximum Gasteiger partial charge on any atom is 0.252 e. The van der Waals surface area contributed by atoms with E-state index in [9.17, 15) is 0 Å².